The summed E-state index contributed by atoms with van der Waals surface area (Å²) in [6.07, 6.45) is 0.447. The molecule has 12 heteroatoms. The van der Waals surface area contributed by atoms with Crippen molar-refractivity contribution >= 4 is 23.1 Å². The number of amides is 2. The van der Waals surface area contributed by atoms with Crippen molar-refractivity contribution in [3.05, 3.63) is 58.8 Å². The Labute approximate surface area is 264 Å². The summed E-state index contributed by atoms with van der Waals surface area (Å²) in [4.78, 5) is 40.1. The lowest BCUT2D eigenvalue weighted by atomic mass is 9.90. The van der Waals surface area contributed by atoms with E-state index in [9.17, 15) is 14.0 Å². The van der Waals surface area contributed by atoms with Gasteiger partial charge in [-0.25, -0.2) is 13.9 Å². The van der Waals surface area contributed by atoms with Gasteiger partial charge in [-0.3, -0.25) is 19.4 Å². The van der Waals surface area contributed by atoms with Crippen LogP contribution in [0.15, 0.2) is 30.3 Å². The maximum Gasteiger partial charge on any atom is 0.293 e. The molecule has 6 rings (SSSR count). The highest BCUT2D eigenvalue weighted by Crippen LogP contribution is 2.42. The molecule has 1 N–H and O–H groups in total. The predicted octanol–water partition coefficient (Wildman–Crippen LogP) is 2.17. The van der Waals surface area contributed by atoms with Crippen LogP contribution >= 0.6 is 0 Å². The van der Waals surface area contributed by atoms with Gasteiger partial charge in [-0.2, -0.15) is 0 Å². The molecular formula is C33H45FN8O3. The molecule has 0 spiro atoms. The van der Waals surface area contributed by atoms with Crippen LogP contribution < -0.4 is 10.2 Å². The third kappa shape index (κ3) is 6.33. The number of hydrogen-bond donors (Lipinski definition) is 1. The minimum atomic E-state index is -0.441. The van der Waals surface area contributed by atoms with Crippen LogP contribution in [0.25, 0.3) is 5.65 Å². The monoisotopic (exact) mass is 620 g/mol. The molecule has 3 atom stereocenters. The quantitative estimate of drug-likeness (QED) is 0.430. The number of morpholine rings is 1. The number of carbonyl (C=O) groups excluding carboxylic acids is 2. The number of piperazine rings is 1. The molecule has 0 unspecified atom stereocenters. The number of carbonyl (C=O) groups is 2. The molecule has 2 saturated heterocycles. The lowest BCUT2D eigenvalue weighted by Crippen LogP contribution is -2.62. The molecule has 0 aliphatic carbocycles. The zero-order valence-corrected chi connectivity index (χ0v) is 27.2. The van der Waals surface area contributed by atoms with E-state index in [2.05, 4.69) is 47.8 Å². The van der Waals surface area contributed by atoms with Crippen molar-refractivity contribution in [2.24, 2.45) is 0 Å². The van der Waals surface area contributed by atoms with Gasteiger partial charge < -0.3 is 19.9 Å². The second kappa shape index (κ2) is 12.4. The SMILES string of the molecule is C[C@@H]1CN(CC(=O)N2CC(C)(C)c3c2cc(Cc2ccc(F)cc2)c2nc(C(=O)N(C)C)nn32)[C@@H](CN2CCOC[C@H]2C)CN1. The van der Waals surface area contributed by atoms with Gasteiger partial charge in [0, 0.05) is 82.3 Å². The topological polar surface area (TPSA) is 98.6 Å². The number of fused-ring (bicyclic) bond motifs is 3. The third-order valence-electron chi connectivity index (χ3n) is 9.37. The smallest absolute Gasteiger partial charge is 0.293 e. The molecule has 0 saturated carbocycles. The van der Waals surface area contributed by atoms with E-state index in [0.717, 1.165) is 61.9 Å². The third-order valence-corrected chi connectivity index (χ3v) is 9.37. The van der Waals surface area contributed by atoms with Crippen LogP contribution in [0.1, 0.15) is 55.1 Å². The van der Waals surface area contributed by atoms with Gasteiger partial charge in [-0.15, -0.1) is 5.10 Å². The fourth-order valence-corrected chi connectivity index (χ4v) is 6.91. The molecule has 1 aromatic carbocycles. The van der Waals surface area contributed by atoms with Crippen LogP contribution in [-0.4, -0.2) is 126 Å². The van der Waals surface area contributed by atoms with Crippen molar-refractivity contribution in [2.75, 3.05) is 71.5 Å². The number of ether oxygens (including phenoxy) is 1. The zero-order chi connectivity index (χ0) is 32.0. The van der Waals surface area contributed by atoms with Crippen molar-refractivity contribution in [2.45, 2.75) is 57.7 Å². The summed E-state index contributed by atoms with van der Waals surface area (Å²) in [6.45, 7) is 14.2. The minimum Gasteiger partial charge on any atom is -0.379 e. The van der Waals surface area contributed by atoms with Gasteiger partial charge in [0.25, 0.3) is 5.91 Å². The molecule has 3 aliphatic rings. The molecular weight excluding hydrogens is 575 g/mol. The number of pyridine rings is 1. The summed E-state index contributed by atoms with van der Waals surface area (Å²) in [7, 11) is 3.35. The highest BCUT2D eigenvalue weighted by molar-refractivity contribution is 5.98. The van der Waals surface area contributed by atoms with Crippen LogP contribution in [0.3, 0.4) is 0 Å². The highest BCUT2D eigenvalue weighted by Gasteiger charge is 2.43. The molecule has 242 valence electrons. The predicted molar refractivity (Wildman–Crippen MR) is 170 cm³/mol. The average Bonchev–Trinajstić information content (AvgIpc) is 3.55. The Bertz CT molecular complexity index is 1570. The molecule has 3 aliphatic heterocycles. The lowest BCUT2D eigenvalue weighted by molar-refractivity contribution is -0.121. The molecule has 3 aromatic rings. The van der Waals surface area contributed by atoms with Crippen LogP contribution in [0.5, 0.6) is 0 Å². The van der Waals surface area contributed by atoms with E-state index in [1.54, 1.807) is 30.7 Å². The number of hydrogen-bond acceptors (Lipinski definition) is 8. The molecule has 11 nitrogen and oxygen atoms in total. The first-order valence-electron chi connectivity index (χ1n) is 15.9. The maximum atomic E-state index is 14.3. The number of anilines is 1. The molecule has 2 aromatic heterocycles. The second-order valence-corrected chi connectivity index (χ2v) is 13.8. The Hall–Kier alpha value is -3.45. The van der Waals surface area contributed by atoms with Crippen molar-refractivity contribution in [3.8, 4) is 0 Å². The molecule has 2 amide bonds. The van der Waals surface area contributed by atoms with Crippen molar-refractivity contribution in [3.63, 3.8) is 0 Å². The van der Waals surface area contributed by atoms with Crippen molar-refractivity contribution in [1.82, 2.24) is 34.6 Å². The first-order valence-corrected chi connectivity index (χ1v) is 15.9. The standard InChI is InChI=1S/C33H45FN8O3/c1-21-16-40(26(15-35-21)17-39-11-12-45-19-22(39)2)18-28(43)41-20-33(3,4)29-27(41)14-24(13-23-7-9-25(34)10-8-23)31-36-30(37-42(29)31)32(44)38(5)6/h7-10,14,21-22,26,35H,11-13,15-20H2,1-6H3/t21-,22-,26-/m1/s1. The maximum absolute atomic E-state index is 14.3. The fourth-order valence-electron chi connectivity index (χ4n) is 6.91. The molecule has 0 bridgehead atoms. The van der Waals surface area contributed by atoms with Gasteiger partial charge >= 0.3 is 0 Å². The van der Waals surface area contributed by atoms with Gasteiger partial charge in [0.05, 0.1) is 31.1 Å². The van der Waals surface area contributed by atoms with Gasteiger partial charge in [0.15, 0.2) is 5.65 Å². The van der Waals surface area contributed by atoms with Crippen LogP contribution in [0.2, 0.25) is 0 Å². The zero-order valence-electron chi connectivity index (χ0n) is 27.2. The summed E-state index contributed by atoms with van der Waals surface area (Å²) in [5, 5.41) is 8.32. The van der Waals surface area contributed by atoms with Gasteiger partial charge in [0.2, 0.25) is 11.7 Å². The van der Waals surface area contributed by atoms with E-state index < -0.39 is 5.41 Å². The van der Waals surface area contributed by atoms with E-state index >= 15 is 0 Å². The van der Waals surface area contributed by atoms with E-state index in [1.165, 1.54) is 17.0 Å². The van der Waals surface area contributed by atoms with E-state index in [0.29, 0.717) is 31.2 Å². The summed E-state index contributed by atoms with van der Waals surface area (Å²) < 4.78 is 21.1. The largest absolute Gasteiger partial charge is 0.379 e. The van der Waals surface area contributed by atoms with Crippen LogP contribution in [0.4, 0.5) is 10.1 Å². The van der Waals surface area contributed by atoms with Crippen molar-refractivity contribution < 1.29 is 18.7 Å². The molecule has 0 radical (unpaired) electrons. The van der Waals surface area contributed by atoms with Crippen LogP contribution in [-0.2, 0) is 21.4 Å². The summed E-state index contributed by atoms with van der Waals surface area (Å²) in [5.74, 6) is -0.462. The molecule has 45 heavy (non-hydrogen) atoms. The van der Waals surface area contributed by atoms with E-state index in [4.69, 9.17) is 9.84 Å². The first-order chi connectivity index (χ1) is 21.4. The summed E-state index contributed by atoms with van der Waals surface area (Å²) in [6, 6.07) is 9.21. The van der Waals surface area contributed by atoms with Gasteiger partial charge in [0.1, 0.15) is 5.82 Å². The van der Waals surface area contributed by atoms with E-state index in [-0.39, 0.29) is 35.5 Å². The van der Waals surface area contributed by atoms with Gasteiger partial charge in [-0.05, 0) is 37.6 Å². The summed E-state index contributed by atoms with van der Waals surface area (Å²) >= 11 is 0. The van der Waals surface area contributed by atoms with Crippen molar-refractivity contribution in [1.29, 1.82) is 0 Å². The Kier molecular flexibility index (Phi) is 8.68. The Balaban J connectivity index is 1.35. The Morgan fingerprint density at radius 3 is 2.62 bits per heavy atom. The Morgan fingerprint density at radius 1 is 1.16 bits per heavy atom. The number of nitrogens with one attached hydrogen (secondary N) is 1. The number of aromatic nitrogens is 3. The summed E-state index contributed by atoms with van der Waals surface area (Å²) in [5.41, 5.74) is 3.48. The number of halogens is 1. The normalized spacial score (nSPS) is 23.8. The molecule has 5 heterocycles. The minimum absolute atomic E-state index is 0.0349. The number of benzene rings is 1. The number of nitrogens with zero attached hydrogens (tertiary/aromatic N) is 7. The Morgan fingerprint density at radius 2 is 1.91 bits per heavy atom. The second-order valence-electron chi connectivity index (χ2n) is 13.8. The fraction of sp³-hybridized carbons (Fsp3) is 0.576. The number of rotatable bonds is 7. The lowest BCUT2D eigenvalue weighted by Gasteiger charge is -2.43. The molecule has 2 fully saturated rings. The van der Waals surface area contributed by atoms with E-state index in [1.807, 2.05) is 11.0 Å². The van der Waals surface area contributed by atoms with Gasteiger partial charge in [-0.1, -0.05) is 26.0 Å². The van der Waals surface area contributed by atoms with Crippen LogP contribution in [0, 0.1) is 5.82 Å². The average molecular weight is 621 g/mol. The highest BCUT2D eigenvalue weighted by atomic mass is 19.1. The first kappa shape index (κ1) is 31.5.